The highest BCUT2D eigenvalue weighted by Gasteiger charge is 2.21. The van der Waals surface area contributed by atoms with Crippen LogP contribution in [0.1, 0.15) is 0 Å². The van der Waals surface area contributed by atoms with Gasteiger partial charge in [0.2, 0.25) is 5.75 Å². The predicted molar refractivity (Wildman–Crippen MR) is 93.6 cm³/mol. The highest BCUT2D eigenvalue weighted by Crippen LogP contribution is 2.44. The van der Waals surface area contributed by atoms with E-state index in [0.29, 0.717) is 30.5 Å². The molecule has 1 aliphatic heterocycles. The van der Waals surface area contributed by atoms with Crippen molar-refractivity contribution < 1.29 is 18.9 Å². The Labute approximate surface area is 145 Å². The lowest BCUT2D eigenvalue weighted by Gasteiger charge is -2.21. The van der Waals surface area contributed by atoms with Crippen LogP contribution in [0.3, 0.4) is 0 Å². The molecule has 0 amide bonds. The molecule has 1 N–H and O–H groups in total. The zero-order valence-electron chi connectivity index (χ0n) is 14.0. The van der Waals surface area contributed by atoms with E-state index >= 15 is 0 Å². The van der Waals surface area contributed by atoms with Crippen LogP contribution < -0.4 is 18.9 Å². The van der Waals surface area contributed by atoms with Gasteiger partial charge in [0.05, 0.1) is 26.1 Å². The molecule has 0 aliphatic carbocycles. The molecule has 4 rings (SSSR count). The topological polar surface area (TPSA) is 65.6 Å². The summed E-state index contributed by atoms with van der Waals surface area (Å²) in [6, 6.07) is 11.7. The Morgan fingerprint density at radius 1 is 0.960 bits per heavy atom. The van der Waals surface area contributed by atoms with Crippen molar-refractivity contribution in [3.8, 4) is 45.4 Å². The van der Waals surface area contributed by atoms with Gasteiger partial charge in [-0.2, -0.15) is 5.10 Å². The number of benzene rings is 2. The molecule has 2 heterocycles. The van der Waals surface area contributed by atoms with E-state index in [0.717, 1.165) is 28.1 Å². The van der Waals surface area contributed by atoms with Crippen LogP contribution in [0.4, 0.5) is 0 Å². The molecule has 0 spiro atoms. The van der Waals surface area contributed by atoms with Crippen LogP contribution in [-0.4, -0.2) is 37.6 Å². The number of fused-ring (bicyclic) bond motifs is 1. The number of H-pyrrole nitrogens is 1. The number of aromatic nitrogens is 2. The van der Waals surface area contributed by atoms with Crippen molar-refractivity contribution in [2.45, 2.75) is 0 Å². The van der Waals surface area contributed by atoms with Gasteiger partial charge in [0.1, 0.15) is 19.0 Å². The molecule has 0 bridgehead atoms. The highest BCUT2D eigenvalue weighted by atomic mass is 16.6. The Kier molecular flexibility index (Phi) is 3.93. The van der Waals surface area contributed by atoms with Crippen molar-refractivity contribution >= 4 is 0 Å². The van der Waals surface area contributed by atoms with Gasteiger partial charge in [-0.3, -0.25) is 5.10 Å². The van der Waals surface area contributed by atoms with Crippen LogP contribution in [0.15, 0.2) is 42.6 Å². The van der Waals surface area contributed by atoms with E-state index in [1.54, 1.807) is 20.4 Å². The van der Waals surface area contributed by atoms with Crippen LogP contribution in [0.5, 0.6) is 23.0 Å². The molecule has 6 heteroatoms. The molecule has 1 aromatic heterocycles. The maximum absolute atomic E-state index is 5.72. The van der Waals surface area contributed by atoms with Gasteiger partial charge in [0.25, 0.3) is 0 Å². The van der Waals surface area contributed by atoms with Crippen LogP contribution >= 0.6 is 0 Å². The molecule has 128 valence electrons. The maximum atomic E-state index is 5.72. The summed E-state index contributed by atoms with van der Waals surface area (Å²) in [4.78, 5) is 0. The molecule has 25 heavy (non-hydrogen) atoms. The van der Waals surface area contributed by atoms with E-state index in [1.165, 1.54) is 0 Å². The number of hydrogen-bond acceptors (Lipinski definition) is 5. The second kappa shape index (κ2) is 6.39. The van der Waals surface area contributed by atoms with E-state index in [1.807, 2.05) is 36.4 Å². The minimum absolute atomic E-state index is 0.518. The first-order valence-electron chi connectivity index (χ1n) is 7.96. The first-order chi connectivity index (χ1) is 12.3. The van der Waals surface area contributed by atoms with Gasteiger partial charge in [-0.1, -0.05) is 12.1 Å². The van der Waals surface area contributed by atoms with Gasteiger partial charge in [0.15, 0.2) is 11.5 Å². The Hall–Kier alpha value is -3.15. The average Bonchev–Trinajstić information content (AvgIpc) is 3.17. The maximum Gasteiger partial charge on any atom is 0.203 e. The van der Waals surface area contributed by atoms with Crippen LogP contribution in [0.25, 0.3) is 22.4 Å². The normalized spacial score (nSPS) is 12.7. The first kappa shape index (κ1) is 15.4. The van der Waals surface area contributed by atoms with Gasteiger partial charge >= 0.3 is 0 Å². The lowest BCUT2D eigenvalue weighted by molar-refractivity contribution is 0.165. The largest absolute Gasteiger partial charge is 0.497 e. The summed E-state index contributed by atoms with van der Waals surface area (Å²) in [5.74, 6) is 2.77. The third kappa shape index (κ3) is 2.76. The van der Waals surface area contributed by atoms with E-state index in [9.17, 15) is 0 Å². The summed E-state index contributed by atoms with van der Waals surface area (Å²) in [5.41, 5.74) is 3.84. The number of nitrogens with one attached hydrogen (secondary N) is 1. The van der Waals surface area contributed by atoms with Crippen LogP contribution in [0.2, 0.25) is 0 Å². The van der Waals surface area contributed by atoms with Crippen molar-refractivity contribution in [1.29, 1.82) is 0 Å². The molecule has 0 unspecified atom stereocenters. The summed E-state index contributed by atoms with van der Waals surface area (Å²) in [7, 11) is 3.27. The highest BCUT2D eigenvalue weighted by molar-refractivity contribution is 5.82. The lowest BCUT2D eigenvalue weighted by Crippen LogP contribution is -2.16. The van der Waals surface area contributed by atoms with E-state index in [4.69, 9.17) is 18.9 Å². The number of nitrogens with zero attached hydrogens (tertiary/aromatic N) is 1. The lowest BCUT2D eigenvalue weighted by atomic mass is 10.0. The average molecular weight is 338 g/mol. The SMILES string of the molecule is COc1ccc(-c2cn[nH]c2-c2cc(OC)c3c(c2)OCCO3)cc1. The third-order valence-electron chi connectivity index (χ3n) is 4.16. The Balaban J connectivity index is 1.79. The van der Waals surface area contributed by atoms with E-state index < -0.39 is 0 Å². The summed E-state index contributed by atoms with van der Waals surface area (Å²) < 4.78 is 22.1. The fourth-order valence-electron chi connectivity index (χ4n) is 2.91. The van der Waals surface area contributed by atoms with Gasteiger partial charge in [-0.15, -0.1) is 0 Å². The zero-order chi connectivity index (χ0) is 17.2. The predicted octanol–water partition coefficient (Wildman–Crippen LogP) is 3.53. The van der Waals surface area contributed by atoms with Gasteiger partial charge in [0, 0.05) is 11.1 Å². The molecular formula is C19H18N2O4. The number of methoxy groups -OCH3 is 2. The molecule has 1 aliphatic rings. The fraction of sp³-hybridized carbons (Fsp3) is 0.211. The van der Waals surface area contributed by atoms with Crippen LogP contribution in [0, 0.1) is 0 Å². The van der Waals surface area contributed by atoms with Gasteiger partial charge in [-0.05, 0) is 29.8 Å². The minimum Gasteiger partial charge on any atom is -0.497 e. The van der Waals surface area contributed by atoms with Crippen molar-refractivity contribution in [2.24, 2.45) is 0 Å². The first-order valence-corrected chi connectivity index (χ1v) is 7.96. The van der Waals surface area contributed by atoms with Crippen molar-refractivity contribution in [2.75, 3.05) is 27.4 Å². The summed E-state index contributed by atoms with van der Waals surface area (Å²) in [6.07, 6.45) is 1.81. The fourth-order valence-corrected chi connectivity index (χ4v) is 2.91. The summed E-state index contributed by atoms with van der Waals surface area (Å²) >= 11 is 0. The quantitative estimate of drug-likeness (QED) is 0.788. The van der Waals surface area contributed by atoms with Crippen LogP contribution in [-0.2, 0) is 0 Å². The molecule has 0 atom stereocenters. The van der Waals surface area contributed by atoms with E-state index in [-0.39, 0.29) is 0 Å². The molecule has 0 fully saturated rings. The number of hydrogen-bond donors (Lipinski definition) is 1. The van der Waals surface area contributed by atoms with Gasteiger partial charge in [-0.25, -0.2) is 0 Å². The van der Waals surface area contributed by atoms with Gasteiger partial charge < -0.3 is 18.9 Å². The second-order valence-corrected chi connectivity index (χ2v) is 5.59. The molecule has 0 radical (unpaired) electrons. The Bertz CT molecular complexity index is 870. The minimum atomic E-state index is 0.518. The van der Waals surface area contributed by atoms with Crippen molar-refractivity contribution in [1.82, 2.24) is 10.2 Å². The Morgan fingerprint density at radius 2 is 1.76 bits per heavy atom. The zero-order valence-corrected chi connectivity index (χ0v) is 14.0. The molecule has 0 saturated heterocycles. The number of ether oxygens (including phenoxy) is 4. The number of aromatic amines is 1. The molecule has 6 nitrogen and oxygen atoms in total. The van der Waals surface area contributed by atoms with Crippen molar-refractivity contribution in [3.05, 3.63) is 42.6 Å². The Morgan fingerprint density at radius 3 is 2.52 bits per heavy atom. The molecule has 3 aromatic rings. The summed E-state index contributed by atoms with van der Waals surface area (Å²) in [6.45, 7) is 1.04. The third-order valence-corrected chi connectivity index (χ3v) is 4.16. The molecular weight excluding hydrogens is 320 g/mol. The number of rotatable bonds is 4. The van der Waals surface area contributed by atoms with E-state index in [2.05, 4.69) is 10.2 Å². The second-order valence-electron chi connectivity index (χ2n) is 5.59. The molecule has 2 aromatic carbocycles. The standard InChI is InChI=1S/C19H18N2O4/c1-22-14-5-3-12(4-6-14)15-11-20-21-18(15)13-9-16(23-2)19-17(10-13)24-7-8-25-19/h3-6,9-11H,7-8H2,1-2H3,(H,20,21). The van der Waals surface area contributed by atoms with Crippen molar-refractivity contribution in [3.63, 3.8) is 0 Å². The monoisotopic (exact) mass is 338 g/mol. The summed E-state index contributed by atoms with van der Waals surface area (Å²) in [5, 5.41) is 7.29. The molecule has 0 saturated carbocycles. The smallest absolute Gasteiger partial charge is 0.203 e.